The molecule has 19 heavy (non-hydrogen) atoms. The number of hydrogen-bond acceptors (Lipinski definition) is 4. The number of ketones is 1. The van der Waals surface area contributed by atoms with Crippen molar-refractivity contribution >= 4 is 17.6 Å². The second-order valence-corrected chi connectivity index (χ2v) is 4.63. The Morgan fingerprint density at radius 2 is 2.11 bits per heavy atom. The van der Waals surface area contributed by atoms with Crippen LogP contribution in [-0.4, -0.2) is 31.1 Å². The van der Waals surface area contributed by atoms with Gasteiger partial charge in [0.1, 0.15) is 6.10 Å². The molecule has 0 aliphatic carbocycles. The number of cyclic esters (lactones) is 1. The van der Waals surface area contributed by atoms with Crippen LogP contribution in [0.25, 0.3) is 0 Å². The first-order chi connectivity index (χ1) is 9.11. The summed E-state index contributed by atoms with van der Waals surface area (Å²) in [5, 5.41) is 0. The Bertz CT molecular complexity index is 470. The molecular weight excluding hydrogens is 244 g/mol. The van der Waals surface area contributed by atoms with Crippen molar-refractivity contribution in [3.05, 3.63) is 29.8 Å². The lowest BCUT2D eigenvalue weighted by atomic mass is 10.1. The molecule has 1 aliphatic rings. The Balaban J connectivity index is 2.06. The van der Waals surface area contributed by atoms with Crippen LogP contribution in [0.1, 0.15) is 30.1 Å². The fourth-order valence-corrected chi connectivity index (χ4v) is 2.13. The summed E-state index contributed by atoms with van der Waals surface area (Å²) in [6.45, 7) is 2.65. The van der Waals surface area contributed by atoms with Gasteiger partial charge in [0.25, 0.3) is 0 Å². The lowest BCUT2D eigenvalue weighted by molar-refractivity contribution is 0.0806. The van der Waals surface area contributed by atoms with Crippen molar-refractivity contribution in [2.75, 3.05) is 18.0 Å². The predicted molar refractivity (Wildman–Crippen MR) is 72.3 cm³/mol. The van der Waals surface area contributed by atoms with Gasteiger partial charge in [0.2, 0.25) is 0 Å². The highest BCUT2D eigenvalue weighted by Gasteiger charge is 2.27. The summed E-state index contributed by atoms with van der Waals surface area (Å²) in [5.41, 5.74) is 6.84. The van der Waals surface area contributed by atoms with E-state index < -0.39 is 0 Å². The first-order valence-corrected chi connectivity index (χ1v) is 6.41. The number of nitrogens with zero attached hydrogens (tertiary/aromatic N) is 1. The number of rotatable bonds is 4. The van der Waals surface area contributed by atoms with Gasteiger partial charge in [-0.25, -0.2) is 4.79 Å². The van der Waals surface area contributed by atoms with Crippen molar-refractivity contribution in [3.63, 3.8) is 0 Å². The maximum absolute atomic E-state index is 11.9. The smallest absolute Gasteiger partial charge is 0.414 e. The van der Waals surface area contributed by atoms with Gasteiger partial charge in [-0.3, -0.25) is 9.69 Å². The molecule has 1 saturated heterocycles. The molecule has 1 unspecified atom stereocenters. The Labute approximate surface area is 112 Å². The standard InChI is InChI=1S/C14H18N2O3/c1-10(17)11-2-4-12(5-3-11)16-9-7-13(6-8-15)19-14(16)18/h2-5,13H,6-9,15H2,1H3. The number of carbonyl (C=O) groups is 2. The highest BCUT2D eigenvalue weighted by molar-refractivity contribution is 5.95. The van der Waals surface area contributed by atoms with E-state index in [4.69, 9.17) is 10.5 Å². The zero-order chi connectivity index (χ0) is 13.8. The number of Topliss-reactive ketones (excluding diaryl/α,β-unsaturated/α-hetero) is 1. The van der Waals surface area contributed by atoms with E-state index in [9.17, 15) is 9.59 Å². The van der Waals surface area contributed by atoms with E-state index in [1.54, 1.807) is 29.2 Å². The average molecular weight is 262 g/mol. The third-order valence-electron chi connectivity index (χ3n) is 3.24. The van der Waals surface area contributed by atoms with E-state index >= 15 is 0 Å². The number of carbonyl (C=O) groups excluding carboxylic acids is 2. The fourth-order valence-electron chi connectivity index (χ4n) is 2.13. The Kier molecular flexibility index (Phi) is 4.16. The topological polar surface area (TPSA) is 72.6 Å². The fraction of sp³-hybridized carbons (Fsp3) is 0.429. The lowest BCUT2D eigenvalue weighted by Crippen LogP contribution is -2.42. The van der Waals surface area contributed by atoms with E-state index in [1.165, 1.54) is 6.92 Å². The summed E-state index contributed by atoms with van der Waals surface area (Å²) >= 11 is 0. The van der Waals surface area contributed by atoms with E-state index in [2.05, 4.69) is 0 Å². The molecule has 102 valence electrons. The molecule has 1 atom stereocenters. The largest absolute Gasteiger partial charge is 0.446 e. The molecule has 5 heteroatoms. The summed E-state index contributed by atoms with van der Waals surface area (Å²) in [7, 11) is 0. The van der Waals surface area contributed by atoms with Crippen LogP contribution >= 0.6 is 0 Å². The molecule has 1 fully saturated rings. The second kappa shape index (κ2) is 5.84. The second-order valence-electron chi connectivity index (χ2n) is 4.63. The van der Waals surface area contributed by atoms with Crippen LogP contribution in [0.5, 0.6) is 0 Å². The van der Waals surface area contributed by atoms with Gasteiger partial charge in [0, 0.05) is 24.2 Å². The van der Waals surface area contributed by atoms with Crippen molar-refractivity contribution in [1.82, 2.24) is 0 Å². The van der Waals surface area contributed by atoms with Crippen LogP contribution < -0.4 is 10.6 Å². The van der Waals surface area contributed by atoms with E-state index in [1.807, 2.05) is 0 Å². The normalized spacial score (nSPS) is 19.2. The van der Waals surface area contributed by atoms with Crippen molar-refractivity contribution in [2.45, 2.75) is 25.9 Å². The van der Waals surface area contributed by atoms with E-state index in [-0.39, 0.29) is 18.0 Å². The molecule has 1 aromatic rings. The monoisotopic (exact) mass is 262 g/mol. The molecule has 0 saturated carbocycles. The van der Waals surface area contributed by atoms with Crippen LogP contribution in [0.2, 0.25) is 0 Å². The summed E-state index contributed by atoms with van der Waals surface area (Å²) in [6, 6.07) is 6.97. The van der Waals surface area contributed by atoms with Gasteiger partial charge in [0.15, 0.2) is 5.78 Å². The zero-order valence-electron chi connectivity index (χ0n) is 11.0. The Hall–Kier alpha value is -1.88. The third kappa shape index (κ3) is 3.12. The van der Waals surface area contributed by atoms with Crippen LogP contribution in [-0.2, 0) is 4.74 Å². The van der Waals surface area contributed by atoms with Crippen molar-refractivity contribution in [1.29, 1.82) is 0 Å². The van der Waals surface area contributed by atoms with Gasteiger partial charge in [-0.1, -0.05) is 0 Å². The molecule has 0 radical (unpaired) electrons. The minimum absolute atomic E-state index is 0.00998. The van der Waals surface area contributed by atoms with Gasteiger partial charge in [-0.15, -0.1) is 0 Å². The maximum Gasteiger partial charge on any atom is 0.414 e. The number of hydrogen-bond donors (Lipinski definition) is 1. The quantitative estimate of drug-likeness (QED) is 0.842. The first kappa shape index (κ1) is 13.5. The summed E-state index contributed by atoms with van der Waals surface area (Å²) < 4.78 is 5.31. The van der Waals surface area contributed by atoms with Gasteiger partial charge >= 0.3 is 6.09 Å². The van der Waals surface area contributed by atoms with Crippen LogP contribution in [0.15, 0.2) is 24.3 Å². The summed E-state index contributed by atoms with van der Waals surface area (Å²) in [5.74, 6) is 0.00998. The molecule has 1 aromatic carbocycles. The minimum Gasteiger partial charge on any atom is -0.446 e. The van der Waals surface area contributed by atoms with Gasteiger partial charge in [-0.2, -0.15) is 0 Å². The molecule has 1 aliphatic heterocycles. The highest BCUT2D eigenvalue weighted by atomic mass is 16.6. The number of amides is 1. The first-order valence-electron chi connectivity index (χ1n) is 6.41. The van der Waals surface area contributed by atoms with Gasteiger partial charge in [-0.05, 0) is 44.2 Å². The van der Waals surface area contributed by atoms with Crippen molar-refractivity contribution in [2.24, 2.45) is 5.73 Å². The molecule has 5 nitrogen and oxygen atoms in total. The minimum atomic E-state index is -0.347. The van der Waals surface area contributed by atoms with Gasteiger partial charge in [0.05, 0.1) is 0 Å². The molecular formula is C14H18N2O3. The molecule has 1 amide bonds. The van der Waals surface area contributed by atoms with E-state index in [0.717, 1.165) is 12.1 Å². The SMILES string of the molecule is CC(=O)c1ccc(N2CCC(CCN)OC2=O)cc1. The summed E-state index contributed by atoms with van der Waals surface area (Å²) in [6.07, 6.45) is 1.05. The van der Waals surface area contributed by atoms with Crippen LogP contribution in [0.4, 0.5) is 10.5 Å². The predicted octanol–water partition coefficient (Wildman–Crippen LogP) is 1.95. The Morgan fingerprint density at radius 3 is 2.63 bits per heavy atom. The zero-order valence-corrected chi connectivity index (χ0v) is 11.0. The average Bonchev–Trinajstić information content (AvgIpc) is 2.39. The molecule has 2 N–H and O–H groups in total. The molecule has 0 bridgehead atoms. The van der Waals surface area contributed by atoms with Crippen molar-refractivity contribution in [3.8, 4) is 0 Å². The molecule has 0 aromatic heterocycles. The van der Waals surface area contributed by atoms with Gasteiger partial charge < -0.3 is 10.5 Å². The van der Waals surface area contributed by atoms with E-state index in [0.29, 0.717) is 25.1 Å². The number of ether oxygens (including phenoxy) is 1. The summed E-state index contributed by atoms with van der Waals surface area (Å²) in [4.78, 5) is 24.7. The molecule has 2 rings (SSSR count). The molecule has 0 spiro atoms. The van der Waals surface area contributed by atoms with Crippen LogP contribution in [0.3, 0.4) is 0 Å². The Morgan fingerprint density at radius 1 is 1.42 bits per heavy atom. The lowest BCUT2D eigenvalue weighted by Gasteiger charge is -2.31. The molecule has 1 heterocycles. The number of benzene rings is 1. The highest BCUT2D eigenvalue weighted by Crippen LogP contribution is 2.22. The van der Waals surface area contributed by atoms with Crippen LogP contribution in [0, 0.1) is 0 Å². The number of anilines is 1. The third-order valence-corrected chi connectivity index (χ3v) is 3.24. The maximum atomic E-state index is 11.9. The van der Waals surface area contributed by atoms with Crippen molar-refractivity contribution < 1.29 is 14.3 Å². The number of nitrogens with two attached hydrogens (primary N) is 1.